The Morgan fingerprint density at radius 1 is 0.974 bits per heavy atom. The Morgan fingerprint density at radius 2 is 1.68 bits per heavy atom. The van der Waals surface area contributed by atoms with Crippen LogP contribution >= 0.6 is 0 Å². The molecule has 0 saturated carbocycles. The maximum Gasteiger partial charge on any atom is 0.319 e. The Labute approximate surface area is 222 Å². The second-order valence-electron chi connectivity index (χ2n) is 8.46. The van der Waals surface area contributed by atoms with Gasteiger partial charge >= 0.3 is 6.03 Å². The van der Waals surface area contributed by atoms with Gasteiger partial charge in [0.05, 0.1) is 11.9 Å². The number of carbonyl (C=O) groups excluding carboxylic acids is 2. The Balaban J connectivity index is 1.56. The third-order valence-electron chi connectivity index (χ3n) is 5.37. The van der Waals surface area contributed by atoms with Crippen LogP contribution in [0.3, 0.4) is 0 Å². The summed E-state index contributed by atoms with van der Waals surface area (Å²) in [5.41, 5.74) is 3.51. The smallest absolute Gasteiger partial charge is 0.319 e. The fourth-order valence-electron chi connectivity index (χ4n) is 3.28. The van der Waals surface area contributed by atoms with E-state index in [0.29, 0.717) is 22.9 Å². The number of hydrogen-bond donors (Lipinski definition) is 4. The normalized spacial score (nSPS) is 10.9. The monoisotopic (exact) mass is 541 g/mol. The summed E-state index contributed by atoms with van der Waals surface area (Å²) in [5.74, 6) is 1.17. The van der Waals surface area contributed by atoms with E-state index in [0.717, 1.165) is 22.9 Å². The summed E-state index contributed by atoms with van der Waals surface area (Å²) in [4.78, 5) is 28.3. The quantitative estimate of drug-likeness (QED) is 0.273. The van der Waals surface area contributed by atoms with Crippen LogP contribution in [0.4, 0.5) is 10.5 Å². The van der Waals surface area contributed by atoms with Crippen LogP contribution in [0.2, 0.25) is 0 Å². The van der Waals surface area contributed by atoms with Gasteiger partial charge in [0, 0.05) is 32.4 Å². The van der Waals surface area contributed by atoms with E-state index in [1.54, 1.807) is 36.4 Å². The van der Waals surface area contributed by atoms with Crippen molar-refractivity contribution >= 4 is 27.6 Å². The summed E-state index contributed by atoms with van der Waals surface area (Å²) < 4.78 is 36.3. The molecular weight excluding hydrogens is 510 g/mol. The summed E-state index contributed by atoms with van der Waals surface area (Å²) in [6, 6.07) is 13.5. The molecule has 0 atom stereocenters. The summed E-state index contributed by atoms with van der Waals surface area (Å²) >= 11 is 0. The molecule has 0 fully saturated rings. The first-order valence-electron chi connectivity index (χ1n) is 11.7. The molecular formula is C26H31N5O6S. The predicted octanol–water partition coefficient (Wildman–Crippen LogP) is 3.10. The van der Waals surface area contributed by atoms with E-state index in [-0.39, 0.29) is 31.3 Å². The van der Waals surface area contributed by atoms with Gasteiger partial charge in [-0.1, -0.05) is 12.1 Å². The largest absolute Gasteiger partial charge is 0.490 e. The number of urea groups is 1. The fourth-order valence-corrected chi connectivity index (χ4v) is 3.74. The van der Waals surface area contributed by atoms with Crippen LogP contribution < -0.4 is 30.1 Å². The van der Waals surface area contributed by atoms with Crippen molar-refractivity contribution in [2.45, 2.75) is 20.4 Å². The predicted molar refractivity (Wildman–Crippen MR) is 144 cm³/mol. The first-order chi connectivity index (χ1) is 18.0. The van der Waals surface area contributed by atoms with Gasteiger partial charge in [-0.3, -0.25) is 9.78 Å². The minimum Gasteiger partial charge on any atom is -0.490 e. The van der Waals surface area contributed by atoms with Gasteiger partial charge in [-0.25, -0.2) is 17.9 Å². The lowest BCUT2D eigenvalue weighted by atomic mass is 10.1. The first kappa shape index (κ1) is 28.4. The molecule has 2 aromatic carbocycles. The standard InChI is InChI=1S/C26H31N5O6S/c1-17-13-22(24(14-18(17)2)36-12-11-30-38(4,34)35)31-26(33)29-16-19-5-7-20(8-6-19)37-21-9-10-28-23(15-21)25(32)27-3/h5-10,13-15,30H,11-12,16H2,1-4H3,(H,27,32)(H2,29,31,33). The molecule has 0 unspecified atom stereocenters. The van der Waals surface area contributed by atoms with Gasteiger partial charge in [-0.2, -0.15) is 0 Å². The number of aryl methyl sites for hydroxylation is 2. The molecule has 0 aliphatic carbocycles. The van der Waals surface area contributed by atoms with Crippen molar-refractivity contribution in [3.63, 3.8) is 0 Å². The number of nitrogens with one attached hydrogen (secondary N) is 4. The molecule has 0 saturated heterocycles. The van der Waals surface area contributed by atoms with Crippen molar-refractivity contribution in [3.8, 4) is 17.2 Å². The van der Waals surface area contributed by atoms with E-state index >= 15 is 0 Å². The van der Waals surface area contributed by atoms with E-state index in [2.05, 4.69) is 25.7 Å². The number of hydrogen-bond acceptors (Lipinski definition) is 7. The lowest BCUT2D eigenvalue weighted by Crippen LogP contribution is -2.29. The van der Waals surface area contributed by atoms with Crippen LogP contribution in [0.1, 0.15) is 27.2 Å². The van der Waals surface area contributed by atoms with Crippen LogP contribution in [0.25, 0.3) is 0 Å². The van der Waals surface area contributed by atoms with Crippen LogP contribution in [0.15, 0.2) is 54.7 Å². The Kier molecular flexibility index (Phi) is 9.63. The molecule has 3 rings (SSSR count). The molecule has 0 aliphatic rings. The molecule has 0 aliphatic heterocycles. The van der Waals surface area contributed by atoms with Gasteiger partial charge in [-0.05, 0) is 60.9 Å². The highest BCUT2D eigenvalue weighted by atomic mass is 32.2. The van der Waals surface area contributed by atoms with Gasteiger partial charge in [0.25, 0.3) is 5.91 Å². The zero-order valence-electron chi connectivity index (χ0n) is 21.6. The second-order valence-corrected chi connectivity index (χ2v) is 10.3. The number of ether oxygens (including phenoxy) is 2. The molecule has 3 amide bonds. The van der Waals surface area contributed by atoms with Gasteiger partial charge in [0.2, 0.25) is 10.0 Å². The third kappa shape index (κ3) is 8.75. The molecule has 12 heteroatoms. The average Bonchev–Trinajstić information content (AvgIpc) is 2.88. The fraction of sp³-hybridized carbons (Fsp3) is 0.269. The van der Waals surface area contributed by atoms with Crippen LogP contribution in [0, 0.1) is 13.8 Å². The Bertz CT molecular complexity index is 1390. The summed E-state index contributed by atoms with van der Waals surface area (Å²) in [6.07, 6.45) is 2.57. The summed E-state index contributed by atoms with van der Waals surface area (Å²) in [6.45, 7) is 4.31. The van der Waals surface area contributed by atoms with Crippen LogP contribution in [0.5, 0.6) is 17.2 Å². The van der Waals surface area contributed by atoms with Crippen LogP contribution in [-0.4, -0.2) is 51.8 Å². The summed E-state index contributed by atoms with van der Waals surface area (Å²) in [7, 11) is -1.79. The lowest BCUT2D eigenvalue weighted by molar-refractivity contribution is 0.0957. The first-order valence-corrected chi connectivity index (χ1v) is 13.6. The van der Waals surface area contributed by atoms with E-state index in [9.17, 15) is 18.0 Å². The van der Waals surface area contributed by atoms with Crippen LogP contribution in [-0.2, 0) is 16.6 Å². The molecule has 1 aromatic heterocycles. The zero-order chi connectivity index (χ0) is 27.7. The third-order valence-corrected chi connectivity index (χ3v) is 6.10. The number of nitrogens with zero attached hydrogens (tertiary/aromatic N) is 1. The average molecular weight is 542 g/mol. The minimum absolute atomic E-state index is 0.104. The minimum atomic E-state index is -3.32. The van der Waals surface area contributed by atoms with Gasteiger partial charge in [-0.15, -0.1) is 0 Å². The molecule has 0 radical (unpaired) electrons. The molecule has 11 nitrogen and oxygen atoms in total. The van der Waals surface area contributed by atoms with Crippen molar-refractivity contribution in [3.05, 3.63) is 77.1 Å². The number of aromatic nitrogens is 1. The van der Waals surface area contributed by atoms with Crippen molar-refractivity contribution < 1.29 is 27.5 Å². The van der Waals surface area contributed by atoms with Crippen molar-refractivity contribution in [1.29, 1.82) is 0 Å². The molecule has 1 heterocycles. The van der Waals surface area contributed by atoms with Crippen molar-refractivity contribution in [2.24, 2.45) is 0 Å². The summed E-state index contributed by atoms with van der Waals surface area (Å²) in [5, 5.41) is 8.11. The molecule has 4 N–H and O–H groups in total. The van der Waals surface area contributed by atoms with E-state index in [4.69, 9.17) is 9.47 Å². The molecule has 3 aromatic rings. The number of benzene rings is 2. The topological polar surface area (TPSA) is 148 Å². The van der Waals surface area contributed by atoms with E-state index < -0.39 is 16.1 Å². The van der Waals surface area contributed by atoms with Crippen molar-refractivity contribution in [2.75, 3.05) is 31.8 Å². The number of sulfonamides is 1. The highest BCUT2D eigenvalue weighted by Gasteiger charge is 2.12. The molecule has 0 spiro atoms. The molecule has 38 heavy (non-hydrogen) atoms. The van der Waals surface area contributed by atoms with E-state index in [1.165, 1.54) is 13.2 Å². The number of rotatable bonds is 11. The van der Waals surface area contributed by atoms with Gasteiger partial charge < -0.3 is 25.4 Å². The van der Waals surface area contributed by atoms with Crippen molar-refractivity contribution in [1.82, 2.24) is 20.3 Å². The van der Waals surface area contributed by atoms with E-state index in [1.807, 2.05) is 26.0 Å². The Morgan fingerprint density at radius 3 is 2.37 bits per heavy atom. The number of anilines is 1. The van der Waals surface area contributed by atoms with Gasteiger partial charge in [0.15, 0.2) is 0 Å². The van der Waals surface area contributed by atoms with Gasteiger partial charge in [0.1, 0.15) is 29.5 Å². The lowest BCUT2D eigenvalue weighted by Gasteiger charge is -2.16. The number of pyridine rings is 1. The number of carbonyl (C=O) groups is 2. The maximum absolute atomic E-state index is 12.6. The SMILES string of the molecule is CNC(=O)c1cc(Oc2ccc(CNC(=O)Nc3cc(C)c(C)cc3OCCNS(C)(=O)=O)cc2)ccn1. The Hall–Kier alpha value is -4.16. The maximum atomic E-state index is 12.6. The second kappa shape index (κ2) is 12.9. The number of amides is 3. The molecule has 0 bridgehead atoms. The zero-order valence-corrected chi connectivity index (χ0v) is 22.4. The highest BCUT2D eigenvalue weighted by Crippen LogP contribution is 2.28. The highest BCUT2D eigenvalue weighted by molar-refractivity contribution is 7.88. The molecule has 202 valence electrons.